The van der Waals surface area contributed by atoms with Gasteiger partial charge in [0.05, 0.1) is 5.69 Å². The fourth-order valence-corrected chi connectivity index (χ4v) is 1.48. The third kappa shape index (κ3) is 1.16. The van der Waals surface area contributed by atoms with Crippen LogP contribution in [0.5, 0.6) is 5.75 Å². The van der Waals surface area contributed by atoms with Gasteiger partial charge in [-0.15, -0.1) is 0 Å². The first-order valence-corrected chi connectivity index (χ1v) is 4.38. The van der Waals surface area contributed by atoms with Crippen LogP contribution in [0.15, 0.2) is 18.5 Å². The first-order chi connectivity index (χ1) is 6.22. The highest BCUT2D eigenvalue weighted by Gasteiger charge is 2.06. The van der Waals surface area contributed by atoms with E-state index in [2.05, 4.69) is 4.98 Å². The van der Waals surface area contributed by atoms with Gasteiger partial charge in [0.15, 0.2) is 11.4 Å². The number of hydrogen-bond donors (Lipinski definition) is 1. The molecule has 1 N–H and O–H groups in total. The summed E-state index contributed by atoms with van der Waals surface area (Å²) in [6.07, 6.45) is 4.65. The molecule has 0 amide bonds. The van der Waals surface area contributed by atoms with Crippen LogP contribution in [0, 0.1) is 6.92 Å². The second kappa shape index (κ2) is 2.76. The van der Waals surface area contributed by atoms with Crippen molar-refractivity contribution in [3.05, 3.63) is 29.7 Å². The summed E-state index contributed by atoms with van der Waals surface area (Å²) in [5, 5.41) is 9.78. The zero-order valence-corrected chi connectivity index (χ0v) is 7.78. The molecule has 2 aromatic rings. The molecule has 0 aliphatic rings. The van der Waals surface area contributed by atoms with Crippen molar-refractivity contribution in [2.75, 3.05) is 0 Å². The number of aromatic nitrogens is 2. The van der Waals surface area contributed by atoms with Crippen LogP contribution in [0.3, 0.4) is 0 Å². The van der Waals surface area contributed by atoms with Gasteiger partial charge in [-0.1, -0.05) is 6.92 Å². The first-order valence-electron chi connectivity index (χ1n) is 4.38. The molecule has 0 aliphatic carbocycles. The van der Waals surface area contributed by atoms with Crippen LogP contribution in [0.2, 0.25) is 0 Å². The summed E-state index contributed by atoms with van der Waals surface area (Å²) in [4.78, 5) is 4.23. The lowest BCUT2D eigenvalue weighted by atomic mass is 10.2. The van der Waals surface area contributed by atoms with Crippen molar-refractivity contribution >= 4 is 5.65 Å². The predicted octanol–water partition coefficient (Wildman–Crippen LogP) is 1.91. The molecule has 0 aliphatic heterocycles. The van der Waals surface area contributed by atoms with Crippen molar-refractivity contribution in [2.24, 2.45) is 0 Å². The van der Waals surface area contributed by atoms with Crippen LogP contribution in [0.1, 0.15) is 18.2 Å². The molecule has 2 aromatic heterocycles. The number of aryl methyl sites for hydroxylation is 2. The monoisotopic (exact) mass is 176 g/mol. The second-order valence-electron chi connectivity index (χ2n) is 3.16. The van der Waals surface area contributed by atoms with Crippen molar-refractivity contribution < 1.29 is 5.11 Å². The smallest absolute Gasteiger partial charge is 0.179 e. The number of imidazole rings is 1. The third-order valence-electron chi connectivity index (χ3n) is 2.19. The molecular weight excluding hydrogens is 164 g/mol. The first kappa shape index (κ1) is 8.10. The van der Waals surface area contributed by atoms with Gasteiger partial charge in [0, 0.05) is 12.4 Å². The molecule has 0 unspecified atom stereocenters. The number of pyridine rings is 1. The molecule has 0 atom stereocenters. The summed E-state index contributed by atoms with van der Waals surface area (Å²) in [5.41, 5.74) is 2.51. The van der Waals surface area contributed by atoms with Crippen molar-refractivity contribution in [2.45, 2.75) is 20.3 Å². The minimum atomic E-state index is 0.304. The minimum Gasteiger partial charge on any atom is -0.504 e. The van der Waals surface area contributed by atoms with E-state index in [4.69, 9.17) is 0 Å². The van der Waals surface area contributed by atoms with Gasteiger partial charge in [-0.25, -0.2) is 4.98 Å². The van der Waals surface area contributed by atoms with Crippen molar-refractivity contribution in [3.8, 4) is 5.75 Å². The molecule has 2 rings (SSSR count). The summed E-state index contributed by atoms with van der Waals surface area (Å²) >= 11 is 0. The molecule has 0 fully saturated rings. The lowest BCUT2D eigenvalue weighted by Crippen LogP contribution is -1.88. The summed E-state index contributed by atoms with van der Waals surface area (Å²) < 4.78 is 1.84. The van der Waals surface area contributed by atoms with E-state index in [1.807, 2.05) is 36.7 Å². The highest BCUT2D eigenvalue weighted by atomic mass is 16.3. The summed E-state index contributed by atoms with van der Waals surface area (Å²) in [6, 6.07) is 1.92. The Morgan fingerprint density at radius 1 is 1.54 bits per heavy atom. The Hall–Kier alpha value is -1.51. The van der Waals surface area contributed by atoms with E-state index in [0.29, 0.717) is 11.4 Å². The number of nitrogens with zero attached hydrogens (tertiary/aromatic N) is 2. The topological polar surface area (TPSA) is 37.5 Å². The molecule has 0 radical (unpaired) electrons. The highest BCUT2D eigenvalue weighted by molar-refractivity contribution is 5.57. The van der Waals surface area contributed by atoms with E-state index in [9.17, 15) is 5.11 Å². The van der Waals surface area contributed by atoms with Gasteiger partial charge >= 0.3 is 0 Å². The Bertz CT molecular complexity index is 445. The SMILES string of the molecule is CCc1ccn2cc(C)nc2c1O. The van der Waals surface area contributed by atoms with E-state index in [-0.39, 0.29) is 0 Å². The van der Waals surface area contributed by atoms with Crippen LogP contribution in [0.25, 0.3) is 5.65 Å². The number of fused-ring (bicyclic) bond motifs is 1. The minimum absolute atomic E-state index is 0.304. The molecule has 68 valence electrons. The lowest BCUT2D eigenvalue weighted by molar-refractivity contribution is 0.471. The van der Waals surface area contributed by atoms with E-state index < -0.39 is 0 Å². The molecule has 3 nitrogen and oxygen atoms in total. The van der Waals surface area contributed by atoms with Crippen LogP contribution < -0.4 is 0 Å². The molecule has 0 saturated heterocycles. The van der Waals surface area contributed by atoms with Gasteiger partial charge in [0.1, 0.15) is 0 Å². The Balaban J connectivity index is 2.78. The zero-order valence-electron chi connectivity index (χ0n) is 7.78. The maximum atomic E-state index is 9.78. The zero-order chi connectivity index (χ0) is 9.42. The van der Waals surface area contributed by atoms with Crippen LogP contribution in [-0.2, 0) is 6.42 Å². The highest BCUT2D eigenvalue weighted by Crippen LogP contribution is 2.22. The second-order valence-corrected chi connectivity index (χ2v) is 3.16. The number of hydrogen-bond acceptors (Lipinski definition) is 2. The van der Waals surface area contributed by atoms with Gasteiger partial charge in [-0.3, -0.25) is 0 Å². The summed E-state index contributed by atoms with van der Waals surface area (Å²) in [6.45, 7) is 3.93. The van der Waals surface area contributed by atoms with Crippen LogP contribution in [0.4, 0.5) is 0 Å². The van der Waals surface area contributed by atoms with E-state index in [0.717, 1.165) is 17.7 Å². The van der Waals surface area contributed by atoms with E-state index in [1.165, 1.54) is 0 Å². The number of rotatable bonds is 1. The summed E-state index contributed by atoms with van der Waals surface area (Å²) in [5.74, 6) is 0.304. The lowest BCUT2D eigenvalue weighted by Gasteiger charge is -2.01. The molecule has 0 saturated carbocycles. The average Bonchev–Trinajstić information content (AvgIpc) is 2.47. The average molecular weight is 176 g/mol. The quantitative estimate of drug-likeness (QED) is 0.720. The van der Waals surface area contributed by atoms with Crippen LogP contribution in [-0.4, -0.2) is 14.5 Å². The fourth-order valence-electron chi connectivity index (χ4n) is 1.48. The molecule has 0 aromatic carbocycles. The molecule has 13 heavy (non-hydrogen) atoms. The van der Waals surface area contributed by atoms with E-state index >= 15 is 0 Å². The standard InChI is InChI=1S/C10H12N2O/c1-3-8-4-5-12-6-7(2)11-10(12)9(8)13/h4-6,13H,3H2,1-2H3. The van der Waals surface area contributed by atoms with Gasteiger partial charge < -0.3 is 9.51 Å². The third-order valence-corrected chi connectivity index (χ3v) is 2.19. The van der Waals surface area contributed by atoms with Gasteiger partial charge in [0.2, 0.25) is 0 Å². The Kier molecular flexibility index (Phi) is 1.72. The Morgan fingerprint density at radius 3 is 3.00 bits per heavy atom. The molecule has 0 bridgehead atoms. The predicted molar refractivity (Wildman–Crippen MR) is 51.0 cm³/mol. The Morgan fingerprint density at radius 2 is 2.31 bits per heavy atom. The maximum absolute atomic E-state index is 9.78. The van der Waals surface area contributed by atoms with E-state index in [1.54, 1.807) is 0 Å². The van der Waals surface area contributed by atoms with Crippen LogP contribution >= 0.6 is 0 Å². The molecule has 3 heteroatoms. The van der Waals surface area contributed by atoms with Gasteiger partial charge in [0.25, 0.3) is 0 Å². The van der Waals surface area contributed by atoms with Gasteiger partial charge in [-0.2, -0.15) is 0 Å². The normalized spacial score (nSPS) is 10.9. The Labute approximate surface area is 76.7 Å². The van der Waals surface area contributed by atoms with Crippen molar-refractivity contribution in [1.29, 1.82) is 0 Å². The number of aromatic hydroxyl groups is 1. The van der Waals surface area contributed by atoms with Gasteiger partial charge in [-0.05, 0) is 25.0 Å². The fraction of sp³-hybridized carbons (Fsp3) is 0.300. The van der Waals surface area contributed by atoms with Crippen molar-refractivity contribution in [1.82, 2.24) is 9.38 Å². The largest absolute Gasteiger partial charge is 0.504 e. The molecule has 2 heterocycles. The summed E-state index contributed by atoms with van der Waals surface area (Å²) in [7, 11) is 0. The molecular formula is C10H12N2O. The van der Waals surface area contributed by atoms with Crippen molar-refractivity contribution in [3.63, 3.8) is 0 Å². The molecule has 0 spiro atoms. The maximum Gasteiger partial charge on any atom is 0.179 e.